The third kappa shape index (κ3) is 3.68. The van der Waals surface area contributed by atoms with Gasteiger partial charge < -0.3 is 5.32 Å². The van der Waals surface area contributed by atoms with Crippen LogP contribution in [0.3, 0.4) is 0 Å². The van der Waals surface area contributed by atoms with Crippen molar-refractivity contribution in [1.82, 2.24) is 9.97 Å². The van der Waals surface area contributed by atoms with Gasteiger partial charge in [-0.15, -0.1) is 0 Å². The Morgan fingerprint density at radius 3 is 2.53 bits per heavy atom. The minimum absolute atomic E-state index is 0.0244. The summed E-state index contributed by atoms with van der Waals surface area (Å²) in [5.74, 6) is -0.0244. The third-order valence-electron chi connectivity index (χ3n) is 2.33. The van der Waals surface area contributed by atoms with Crippen molar-refractivity contribution in [3.05, 3.63) is 54.6 Å². The third-order valence-corrected chi connectivity index (χ3v) is 2.33. The first kappa shape index (κ1) is 11.3. The molecule has 1 aromatic heterocycles. The zero-order chi connectivity index (χ0) is 11.9. The van der Waals surface area contributed by atoms with Crippen LogP contribution in [0, 0.1) is 0 Å². The second-order valence-electron chi connectivity index (χ2n) is 3.66. The van der Waals surface area contributed by atoms with Crippen molar-refractivity contribution in [2.24, 2.45) is 0 Å². The molecule has 0 radical (unpaired) electrons. The summed E-state index contributed by atoms with van der Waals surface area (Å²) in [4.78, 5) is 19.3. The Labute approximate surface area is 99.7 Å². The van der Waals surface area contributed by atoms with E-state index < -0.39 is 0 Å². The van der Waals surface area contributed by atoms with E-state index in [1.165, 1.54) is 6.33 Å². The maximum Gasteiger partial charge on any atom is 0.224 e. The predicted molar refractivity (Wildman–Crippen MR) is 65.4 cm³/mol. The number of hydrogen-bond acceptors (Lipinski definition) is 3. The molecule has 2 rings (SSSR count). The summed E-state index contributed by atoms with van der Waals surface area (Å²) in [6.45, 7) is 0. The van der Waals surface area contributed by atoms with Gasteiger partial charge in [0.1, 0.15) is 6.33 Å². The number of nitrogens with zero attached hydrogens (tertiary/aromatic N) is 2. The molecule has 0 saturated heterocycles. The van der Waals surface area contributed by atoms with E-state index in [1.54, 1.807) is 12.4 Å². The van der Waals surface area contributed by atoms with Gasteiger partial charge in [0, 0.05) is 6.42 Å². The van der Waals surface area contributed by atoms with E-state index in [-0.39, 0.29) is 5.91 Å². The van der Waals surface area contributed by atoms with E-state index in [0.717, 1.165) is 12.0 Å². The average Bonchev–Trinajstić information content (AvgIpc) is 2.39. The molecule has 86 valence electrons. The van der Waals surface area contributed by atoms with Crippen molar-refractivity contribution in [1.29, 1.82) is 0 Å². The average molecular weight is 227 g/mol. The first-order chi connectivity index (χ1) is 8.34. The number of benzene rings is 1. The molecular weight excluding hydrogens is 214 g/mol. The molecule has 0 aliphatic carbocycles. The molecule has 0 atom stereocenters. The van der Waals surface area contributed by atoms with Crippen LogP contribution >= 0.6 is 0 Å². The van der Waals surface area contributed by atoms with Crippen molar-refractivity contribution in [3.8, 4) is 0 Å². The highest BCUT2D eigenvalue weighted by Gasteiger charge is 2.02. The molecule has 1 heterocycles. The maximum absolute atomic E-state index is 11.6. The lowest BCUT2D eigenvalue weighted by atomic mass is 10.1. The second kappa shape index (κ2) is 5.75. The molecule has 0 aliphatic heterocycles. The first-order valence-corrected chi connectivity index (χ1v) is 5.43. The zero-order valence-electron chi connectivity index (χ0n) is 9.34. The molecule has 1 amide bonds. The highest BCUT2D eigenvalue weighted by atomic mass is 16.1. The molecule has 1 aromatic carbocycles. The standard InChI is InChI=1S/C13H13N3O/c17-13(16-12-8-14-10-15-9-12)7-6-11-4-2-1-3-5-11/h1-5,8-10H,6-7H2,(H,16,17). The van der Waals surface area contributed by atoms with Gasteiger partial charge in [0.05, 0.1) is 18.1 Å². The SMILES string of the molecule is O=C(CCc1ccccc1)Nc1cncnc1. The molecule has 17 heavy (non-hydrogen) atoms. The molecule has 2 aromatic rings. The lowest BCUT2D eigenvalue weighted by Crippen LogP contribution is -2.12. The number of amides is 1. The summed E-state index contributed by atoms with van der Waals surface area (Å²) in [5.41, 5.74) is 1.79. The summed E-state index contributed by atoms with van der Waals surface area (Å²) < 4.78 is 0. The largest absolute Gasteiger partial charge is 0.323 e. The lowest BCUT2D eigenvalue weighted by Gasteiger charge is -2.03. The minimum atomic E-state index is -0.0244. The smallest absolute Gasteiger partial charge is 0.224 e. The molecule has 0 aliphatic rings. The van der Waals surface area contributed by atoms with Crippen LogP contribution in [0.15, 0.2) is 49.1 Å². The molecule has 4 heteroatoms. The second-order valence-corrected chi connectivity index (χ2v) is 3.66. The Kier molecular flexibility index (Phi) is 3.81. The molecule has 0 fully saturated rings. The molecular formula is C13H13N3O. The zero-order valence-corrected chi connectivity index (χ0v) is 9.34. The van der Waals surface area contributed by atoms with Crippen LogP contribution in [0.2, 0.25) is 0 Å². The van der Waals surface area contributed by atoms with Gasteiger partial charge in [0.15, 0.2) is 0 Å². The number of hydrogen-bond donors (Lipinski definition) is 1. The van der Waals surface area contributed by atoms with E-state index in [1.807, 2.05) is 30.3 Å². The van der Waals surface area contributed by atoms with Crippen LogP contribution in [0.4, 0.5) is 5.69 Å². The van der Waals surface area contributed by atoms with Gasteiger partial charge in [-0.05, 0) is 12.0 Å². The monoisotopic (exact) mass is 227 g/mol. The number of aryl methyl sites for hydroxylation is 1. The van der Waals surface area contributed by atoms with Crippen LogP contribution in [-0.4, -0.2) is 15.9 Å². The van der Waals surface area contributed by atoms with Crippen molar-refractivity contribution < 1.29 is 4.79 Å². The van der Waals surface area contributed by atoms with Crippen LogP contribution in [-0.2, 0) is 11.2 Å². The van der Waals surface area contributed by atoms with Gasteiger partial charge in [-0.25, -0.2) is 9.97 Å². The molecule has 0 unspecified atom stereocenters. The maximum atomic E-state index is 11.6. The van der Waals surface area contributed by atoms with Crippen molar-refractivity contribution >= 4 is 11.6 Å². The molecule has 4 nitrogen and oxygen atoms in total. The van der Waals surface area contributed by atoms with Crippen molar-refractivity contribution in [2.45, 2.75) is 12.8 Å². The van der Waals surface area contributed by atoms with E-state index >= 15 is 0 Å². The quantitative estimate of drug-likeness (QED) is 0.869. The Hall–Kier alpha value is -2.23. The Morgan fingerprint density at radius 2 is 1.82 bits per heavy atom. The fraction of sp³-hybridized carbons (Fsp3) is 0.154. The van der Waals surface area contributed by atoms with Gasteiger partial charge in [-0.1, -0.05) is 30.3 Å². The van der Waals surface area contributed by atoms with Crippen LogP contribution in [0.1, 0.15) is 12.0 Å². The summed E-state index contributed by atoms with van der Waals surface area (Å²) in [5, 5.41) is 2.75. The number of nitrogens with one attached hydrogen (secondary N) is 1. The van der Waals surface area contributed by atoms with E-state index in [2.05, 4.69) is 15.3 Å². The van der Waals surface area contributed by atoms with E-state index in [4.69, 9.17) is 0 Å². The number of carbonyl (C=O) groups is 1. The summed E-state index contributed by atoms with van der Waals surface area (Å²) in [6.07, 6.45) is 5.78. The number of aromatic nitrogens is 2. The van der Waals surface area contributed by atoms with Gasteiger partial charge in [-0.3, -0.25) is 4.79 Å². The van der Waals surface area contributed by atoms with Crippen molar-refractivity contribution in [3.63, 3.8) is 0 Å². The highest BCUT2D eigenvalue weighted by molar-refractivity contribution is 5.90. The van der Waals surface area contributed by atoms with Gasteiger partial charge >= 0.3 is 0 Å². The number of anilines is 1. The molecule has 1 N–H and O–H groups in total. The Bertz CT molecular complexity index is 471. The predicted octanol–water partition coefficient (Wildman–Crippen LogP) is 2.05. The summed E-state index contributed by atoms with van der Waals surface area (Å²) in [6, 6.07) is 9.93. The Balaban J connectivity index is 1.83. The van der Waals surface area contributed by atoms with Crippen LogP contribution < -0.4 is 5.32 Å². The normalized spacial score (nSPS) is 9.88. The lowest BCUT2D eigenvalue weighted by molar-refractivity contribution is -0.116. The molecule has 0 spiro atoms. The van der Waals surface area contributed by atoms with Crippen molar-refractivity contribution in [2.75, 3.05) is 5.32 Å². The molecule has 0 saturated carbocycles. The van der Waals surface area contributed by atoms with E-state index in [9.17, 15) is 4.79 Å². The van der Waals surface area contributed by atoms with Gasteiger partial charge in [0.25, 0.3) is 0 Å². The van der Waals surface area contributed by atoms with Crippen LogP contribution in [0.5, 0.6) is 0 Å². The summed E-state index contributed by atoms with van der Waals surface area (Å²) in [7, 11) is 0. The van der Waals surface area contributed by atoms with Crippen LogP contribution in [0.25, 0.3) is 0 Å². The van der Waals surface area contributed by atoms with Gasteiger partial charge in [-0.2, -0.15) is 0 Å². The highest BCUT2D eigenvalue weighted by Crippen LogP contribution is 2.05. The first-order valence-electron chi connectivity index (χ1n) is 5.43. The Morgan fingerprint density at radius 1 is 1.12 bits per heavy atom. The molecule has 0 bridgehead atoms. The minimum Gasteiger partial charge on any atom is -0.323 e. The summed E-state index contributed by atoms with van der Waals surface area (Å²) >= 11 is 0. The number of rotatable bonds is 4. The fourth-order valence-electron chi connectivity index (χ4n) is 1.49. The van der Waals surface area contributed by atoms with Gasteiger partial charge in [0.2, 0.25) is 5.91 Å². The van der Waals surface area contributed by atoms with E-state index in [0.29, 0.717) is 12.1 Å². The topological polar surface area (TPSA) is 54.9 Å². The number of carbonyl (C=O) groups excluding carboxylic acids is 1. The fourth-order valence-corrected chi connectivity index (χ4v) is 1.49.